The molecule has 2 N–H and O–H groups in total. The second kappa shape index (κ2) is 4.52. The van der Waals surface area contributed by atoms with Gasteiger partial charge >= 0.3 is 0 Å². The molecule has 6 nitrogen and oxygen atoms in total. The quantitative estimate of drug-likeness (QED) is 0.717. The first-order chi connectivity index (χ1) is 7.30. The van der Waals surface area contributed by atoms with Crippen LogP contribution in [0.2, 0.25) is 0 Å². The fourth-order valence-corrected chi connectivity index (χ4v) is 1.72. The Labute approximate surface area is 94.4 Å². The van der Waals surface area contributed by atoms with Gasteiger partial charge in [0.2, 0.25) is 0 Å². The molecule has 1 aromatic heterocycles. The molecule has 0 aliphatic rings. The Morgan fingerprint density at radius 2 is 2.00 bits per heavy atom. The predicted molar refractivity (Wildman–Crippen MR) is 57.6 cm³/mol. The molecule has 0 saturated carbocycles. The first-order valence-electron chi connectivity index (χ1n) is 4.75. The summed E-state index contributed by atoms with van der Waals surface area (Å²) < 4.78 is 23.8. The molecule has 7 heteroatoms. The van der Waals surface area contributed by atoms with E-state index in [-0.39, 0.29) is 24.7 Å². The molecule has 0 fully saturated rings. The number of aliphatic hydroxyl groups is 2. The summed E-state index contributed by atoms with van der Waals surface area (Å²) in [6.07, 6.45) is 3.75. The number of rotatable bonds is 5. The van der Waals surface area contributed by atoms with Gasteiger partial charge in [-0.15, -0.1) is 0 Å². The number of nitrogens with zero attached hydrogens (tertiary/aromatic N) is 2. The number of aromatic nitrogens is 2. The van der Waals surface area contributed by atoms with Crippen LogP contribution < -0.4 is 0 Å². The van der Waals surface area contributed by atoms with Crippen molar-refractivity contribution in [3.05, 3.63) is 12.4 Å². The summed E-state index contributed by atoms with van der Waals surface area (Å²) in [5, 5.41) is 22.1. The van der Waals surface area contributed by atoms with Crippen molar-refractivity contribution in [1.29, 1.82) is 0 Å². The molecule has 0 aliphatic heterocycles. The van der Waals surface area contributed by atoms with Crippen LogP contribution in [0.4, 0.5) is 0 Å². The van der Waals surface area contributed by atoms with Crippen molar-refractivity contribution < 1.29 is 18.6 Å². The van der Waals surface area contributed by atoms with Crippen LogP contribution >= 0.6 is 0 Å². The summed E-state index contributed by atoms with van der Waals surface area (Å²) in [6.45, 7) is 1.56. The van der Waals surface area contributed by atoms with Crippen LogP contribution in [0.15, 0.2) is 17.3 Å². The van der Waals surface area contributed by atoms with E-state index in [1.54, 1.807) is 6.92 Å². The number of sulfone groups is 1. The average molecular weight is 248 g/mol. The van der Waals surface area contributed by atoms with Crippen molar-refractivity contribution in [2.45, 2.75) is 18.4 Å². The lowest BCUT2D eigenvalue weighted by molar-refractivity contribution is 0.0524. The summed E-state index contributed by atoms with van der Waals surface area (Å²) >= 11 is 0. The van der Waals surface area contributed by atoms with Gasteiger partial charge in [0.25, 0.3) is 0 Å². The van der Waals surface area contributed by atoms with Crippen molar-refractivity contribution in [2.75, 3.05) is 19.5 Å². The minimum Gasteiger partial charge on any atom is -0.396 e. The van der Waals surface area contributed by atoms with Gasteiger partial charge in [0.15, 0.2) is 9.84 Å². The lowest BCUT2D eigenvalue weighted by atomic mass is 9.93. The van der Waals surface area contributed by atoms with Crippen molar-refractivity contribution in [2.24, 2.45) is 5.41 Å². The Morgan fingerprint density at radius 3 is 2.38 bits per heavy atom. The topological polar surface area (TPSA) is 92.4 Å². The molecule has 92 valence electrons. The van der Waals surface area contributed by atoms with Gasteiger partial charge in [-0.3, -0.25) is 4.68 Å². The van der Waals surface area contributed by atoms with Crippen LogP contribution in [0, 0.1) is 5.41 Å². The SMILES string of the molecule is CC(CO)(CO)Cn1cc(S(C)(=O)=O)cn1. The van der Waals surface area contributed by atoms with Crippen LogP contribution in [0.25, 0.3) is 0 Å². The summed E-state index contributed by atoms with van der Waals surface area (Å²) in [6, 6.07) is 0. The van der Waals surface area contributed by atoms with Crippen LogP contribution in [0.5, 0.6) is 0 Å². The monoisotopic (exact) mass is 248 g/mol. The zero-order chi connectivity index (χ0) is 12.4. The van der Waals surface area contributed by atoms with Crippen LogP contribution in [-0.2, 0) is 16.4 Å². The van der Waals surface area contributed by atoms with E-state index in [1.807, 2.05) is 0 Å². The fourth-order valence-electron chi connectivity index (χ4n) is 1.16. The first-order valence-corrected chi connectivity index (χ1v) is 6.64. The Bertz CT molecular complexity index is 448. The molecule has 0 aliphatic carbocycles. The molecule has 16 heavy (non-hydrogen) atoms. The highest BCUT2D eigenvalue weighted by Crippen LogP contribution is 2.18. The maximum Gasteiger partial charge on any atom is 0.178 e. The maximum atomic E-state index is 11.2. The highest BCUT2D eigenvalue weighted by molar-refractivity contribution is 7.90. The molecule has 0 amide bonds. The second-order valence-corrected chi connectivity index (χ2v) is 6.29. The summed E-state index contributed by atoms with van der Waals surface area (Å²) in [5.74, 6) is 0. The van der Waals surface area contributed by atoms with Gasteiger partial charge < -0.3 is 10.2 Å². The number of hydrogen-bond acceptors (Lipinski definition) is 5. The van der Waals surface area contributed by atoms with Gasteiger partial charge in [-0.2, -0.15) is 5.10 Å². The van der Waals surface area contributed by atoms with Crippen LogP contribution in [0.1, 0.15) is 6.92 Å². The molecule has 0 atom stereocenters. The molecule has 0 saturated heterocycles. The molecule has 0 aromatic carbocycles. The molecule has 0 spiro atoms. The molecule has 0 unspecified atom stereocenters. The lowest BCUT2D eigenvalue weighted by Gasteiger charge is -2.24. The normalized spacial score (nSPS) is 13.0. The van der Waals surface area contributed by atoms with Gasteiger partial charge in [-0.05, 0) is 0 Å². The summed E-state index contributed by atoms with van der Waals surface area (Å²) in [7, 11) is -3.26. The van der Waals surface area contributed by atoms with E-state index in [2.05, 4.69) is 5.10 Å². The number of aliphatic hydroxyl groups excluding tert-OH is 2. The highest BCUT2D eigenvalue weighted by atomic mass is 32.2. The second-order valence-electron chi connectivity index (χ2n) is 4.27. The maximum absolute atomic E-state index is 11.2. The number of hydrogen-bond donors (Lipinski definition) is 2. The van der Waals surface area contributed by atoms with E-state index >= 15 is 0 Å². The summed E-state index contributed by atoms with van der Waals surface area (Å²) in [4.78, 5) is 0.130. The zero-order valence-electron chi connectivity index (χ0n) is 9.29. The Kier molecular flexibility index (Phi) is 3.72. The van der Waals surface area contributed by atoms with Crippen molar-refractivity contribution >= 4 is 9.84 Å². The van der Waals surface area contributed by atoms with Gasteiger partial charge in [0, 0.05) is 17.9 Å². The first kappa shape index (κ1) is 13.1. The predicted octanol–water partition coefficient (Wildman–Crippen LogP) is -0.723. The van der Waals surface area contributed by atoms with E-state index < -0.39 is 15.3 Å². The molecule has 0 radical (unpaired) electrons. The molecular formula is C9H16N2O4S. The zero-order valence-corrected chi connectivity index (χ0v) is 10.1. The highest BCUT2D eigenvalue weighted by Gasteiger charge is 2.24. The standard InChI is InChI=1S/C9H16N2O4S/c1-9(6-12,7-13)5-11-4-8(3-10-11)16(2,14)15/h3-4,12-13H,5-7H2,1-2H3. The largest absolute Gasteiger partial charge is 0.396 e. The fraction of sp³-hybridized carbons (Fsp3) is 0.667. The van der Waals surface area contributed by atoms with E-state index in [1.165, 1.54) is 17.1 Å². The molecule has 1 rings (SSSR count). The Balaban J connectivity index is 2.88. The van der Waals surface area contributed by atoms with Gasteiger partial charge in [-0.1, -0.05) is 6.92 Å². The minimum atomic E-state index is -3.26. The van der Waals surface area contributed by atoms with Crippen molar-refractivity contribution in [3.8, 4) is 0 Å². The van der Waals surface area contributed by atoms with Gasteiger partial charge in [-0.25, -0.2) is 8.42 Å². The molecule has 0 bridgehead atoms. The van der Waals surface area contributed by atoms with E-state index in [4.69, 9.17) is 10.2 Å². The smallest absolute Gasteiger partial charge is 0.178 e. The lowest BCUT2D eigenvalue weighted by Crippen LogP contribution is -2.31. The van der Waals surface area contributed by atoms with E-state index in [0.29, 0.717) is 0 Å². The molecular weight excluding hydrogens is 232 g/mol. The third-order valence-electron chi connectivity index (χ3n) is 2.34. The van der Waals surface area contributed by atoms with Crippen LogP contribution in [-0.4, -0.2) is 47.9 Å². The van der Waals surface area contributed by atoms with E-state index in [0.717, 1.165) is 6.26 Å². The average Bonchev–Trinajstić information content (AvgIpc) is 2.65. The van der Waals surface area contributed by atoms with Crippen molar-refractivity contribution in [1.82, 2.24) is 9.78 Å². The van der Waals surface area contributed by atoms with E-state index in [9.17, 15) is 8.42 Å². The summed E-state index contributed by atoms with van der Waals surface area (Å²) in [5.41, 5.74) is -0.708. The van der Waals surface area contributed by atoms with Crippen molar-refractivity contribution in [3.63, 3.8) is 0 Å². The Morgan fingerprint density at radius 1 is 1.44 bits per heavy atom. The molecule has 1 aromatic rings. The van der Waals surface area contributed by atoms with Crippen LogP contribution in [0.3, 0.4) is 0 Å². The third-order valence-corrected chi connectivity index (χ3v) is 3.41. The molecule has 1 heterocycles. The third kappa shape index (κ3) is 3.03. The Hall–Kier alpha value is -0.920. The van der Waals surface area contributed by atoms with Gasteiger partial charge in [0.05, 0.1) is 26.0 Å². The minimum absolute atomic E-state index is 0.130. The van der Waals surface area contributed by atoms with Gasteiger partial charge in [0.1, 0.15) is 4.90 Å².